The van der Waals surface area contributed by atoms with Crippen molar-refractivity contribution in [2.45, 2.75) is 39.5 Å². The summed E-state index contributed by atoms with van der Waals surface area (Å²) in [7, 11) is 0. The molecule has 0 aromatic rings. The van der Waals surface area contributed by atoms with Crippen molar-refractivity contribution in [1.29, 1.82) is 0 Å². The molecule has 1 amide bonds. The largest absolute Gasteiger partial charge is 0.381 e. The summed E-state index contributed by atoms with van der Waals surface area (Å²) < 4.78 is 5.39. The lowest BCUT2D eigenvalue weighted by Crippen LogP contribution is -2.34. The second-order valence-electron chi connectivity index (χ2n) is 3.85. The van der Waals surface area contributed by atoms with Gasteiger partial charge in [-0.25, -0.2) is 0 Å². The Balaban J connectivity index is 3.09. The van der Waals surface area contributed by atoms with E-state index in [2.05, 4.69) is 24.5 Å². The van der Waals surface area contributed by atoms with Crippen LogP contribution < -0.4 is 10.6 Å². The molecule has 0 unspecified atom stereocenters. The van der Waals surface area contributed by atoms with Gasteiger partial charge in [-0.1, -0.05) is 20.3 Å². The van der Waals surface area contributed by atoms with Crippen molar-refractivity contribution in [2.24, 2.45) is 0 Å². The summed E-state index contributed by atoms with van der Waals surface area (Å²) in [5.41, 5.74) is 0. The first-order valence-electron chi connectivity index (χ1n) is 6.36. The minimum absolute atomic E-state index is 0.0713. The molecule has 0 radical (unpaired) electrons. The highest BCUT2D eigenvalue weighted by Crippen LogP contribution is 1.88. The van der Waals surface area contributed by atoms with E-state index in [-0.39, 0.29) is 5.91 Å². The average Bonchev–Trinajstić information content (AvgIpc) is 2.28. The van der Waals surface area contributed by atoms with Crippen LogP contribution in [0.1, 0.15) is 39.5 Å². The van der Waals surface area contributed by atoms with Crippen molar-refractivity contribution in [3.63, 3.8) is 0 Å². The van der Waals surface area contributed by atoms with Crippen LogP contribution in [0.15, 0.2) is 0 Å². The Morgan fingerprint density at radius 3 is 2.50 bits per heavy atom. The van der Waals surface area contributed by atoms with Gasteiger partial charge in [-0.15, -0.1) is 0 Å². The normalized spacial score (nSPS) is 10.4. The minimum atomic E-state index is 0.0713. The minimum Gasteiger partial charge on any atom is -0.381 e. The van der Waals surface area contributed by atoms with Crippen LogP contribution in [-0.4, -0.2) is 38.8 Å². The summed E-state index contributed by atoms with van der Waals surface area (Å²) >= 11 is 0. The third-order valence-corrected chi connectivity index (χ3v) is 2.14. The molecule has 0 atom stereocenters. The van der Waals surface area contributed by atoms with E-state index >= 15 is 0 Å². The Hall–Kier alpha value is -0.610. The van der Waals surface area contributed by atoms with Gasteiger partial charge in [0.25, 0.3) is 0 Å². The van der Waals surface area contributed by atoms with Gasteiger partial charge in [-0.3, -0.25) is 4.79 Å². The van der Waals surface area contributed by atoms with Crippen LogP contribution in [0.4, 0.5) is 0 Å². The fourth-order valence-corrected chi connectivity index (χ4v) is 1.19. The molecular formula is C12H26N2O2. The van der Waals surface area contributed by atoms with Crippen LogP contribution >= 0.6 is 0 Å². The van der Waals surface area contributed by atoms with Gasteiger partial charge in [0.05, 0.1) is 6.54 Å². The molecule has 4 nitrogen and oxygen atoms in total. The Kier molecular flexibility index (Phi) is 12.0. The van der Waals surface area contributed by atoms with Crippen molar-refractivity contribution < 1.29 is 9.53 Å². The van der Waals surface area contributed by atoms with Gasteiger partial charge in [-0.2, -0.15) is 0 Å². The van der Waals surface area contributed by atoms with E-state index in [1.54, 1.807) is 0 Å². The van der Waals surface area contributed by atoms with Crippen LogP contribution in [0.5, 0.6) is 0 Å². The quantitative estimate of drug-likeness (QED) is 0.526. The fourth-order valence-electron chi connectivity index (χ4n) is 1.19. The average molecular weight is 230 g/mol. The number of unbranched alkanes of at least 4 members (excludes halogenated alkanes) is 1. The third-order valence-electron chi connectivity index (χ3n) is 2.14. The molecule has 0 saturated heterocycles. The Labute approximate surface area is 99.1 Å². The molecule has 4 heteroatoms. The van der Waals surface area contributed by atoms with E-state index < -0.39 is 0 Å². The van der Waals surface area contributed by atoms with Gasteiger partial charge >= 0.3 is 0 Å². The molecular weight excluding hydrogens is 204 g/mol. The first-order valence-corrected chi connectivity index (χ1v) is 6.36. The summed E-state index contributed by atoms with van der Waals surface area (Å²) in [6.07, 6.45) is 4.23. The Morgan fingerprint density at radius 1 is 1.06 bits per heavy atom. The highest BCUT2D eigenvalue weighted by molar-refractivity contribution is 5.77. The lowest BCUT2D eigenvalue weighted by Gasteiger charge is -2.06. The van der Waals surface area contributed by atoms with E-state index in [1.165, 1.54) is 6.42 Å². The van der Waals surface area contributed by atoms with E-state index in [0.717, 1.165) is 39.0 Å². The maximum atomic E-state index is 11.2. The van der Waals surface area contributed by atoms with E-state index in [1.807, 2.05) is 0 Å². The maximum Gasteiger partial charge on any atom is 0.233 e. The lowest BCUT2D eigenvalue weighted by molar-refractivity contribution is -0.120. The molecule has 0 rings (SSSR count). The number of rotatable bonds is 11. The first-order chi connectivity index (χ1) is 7.81. The van der Waals surface area contributed by atoms with E-state index in [0.29, 0.717) is 13.1 Å². The van der Waals surface area contributed by atoms with E-state index in [9.17, 15) is 4.79 Å². The molecule has 16 heavy (non-hydrogen) atoms. The molecule has 0 aliphatic rings. The van der Waals surface area contributed by atoms with Crippen LogP contribution in [-0.2, 0) is 9.53 Å². The number of amides is 1. The zero-order chi connectivity index (χ0) is 12.1. The third kappa shape index (κ3) is 11.5. The van der Waals surface area contributed by atoms with Crippen molar-refractivity contribution in [1.82, 2.24) is 10.6 Å². The Bertz CT molecular complexity index is 163. The van der Waals surface area contributed by atoms with Gasteiger partial charge in [0.15, 0.2) is 0 Å². The zero-order valence-corrected chi connectivity index (χ0v) is 10.7. The molecule has 0 fully saturated rings. The molecule has 96 valence electrons. The van der Waals surface area contributed by atoms with Gasteiger partial charge in [0.1, 0.15) is 0 Å². The predicted octanol–water partition coefficient (Wildman–Crippen LogP) is 1.31. The highest BCUT2D eigenvalue weighted by atomic mass is 16.5. The number of hydrogen-bond acceptors (Lipinski definition) is 3. The first kappa shape index (κ1) is 15.4. The van der Waals surface area contributed by atoms with Crippen molar-refractivity contribution in [3.05, 3.63) is 0 Å². The molecule has 0 aliphatic heterocycles. The van der Waals surface area contributed by atoms with Crippen molar-refractivity contribution in [2.75, 3.05) is 32.8 Å². The summed E-state index contributed by atoms with van der Waals surface area (Å²) in [5, 5.41) is 5.91. The van der Waals surface area contributed by atoms with Crippen LogP contribution in [0.2, 0.25) is 0 Å². The smallest absolute Gasteiger partial charge is 0.233 e. The van der Waals surface area contributed by atoms with Gasteiger partial charge < -0.3 is 15.4 Å². The molecule has 0 aromatic carbocycles. The molecule has 0 bridgehead atoms. The van der Waals surface area contributed by atoms with Crippen LogP contribution in [0, 0.1) is 0 Å². The molecule has 0 spiro atoms. The molecule has 0 aromatic heterocycles. The standard InChI is InChI=1S/C12H26N2O2/c1-3-5-9-16-10-6-8-14-12(15)11-13-7-4-2/h13H,3-11H2,1-2H3,(H,14,15). The van der Waals surface area contributed by atoms with Crippen molar-refractivity contribution in [3.8, 4) is 0 Å². The summed E-state index contributed by atoms with van der Waals surface area (Å²) in [6, 6.07) is 0. The lowest BCUT2D eigenvalue weighted by atomic mass is 10.3. The number of carbonyl (C=O) groups excluding carboxylic acids is 1. The van der Waals surface area contributed by atoms with Crippen molar-refractivity contribution >= 4 is 5.91 Å². The van der Waals surface area contributed by atoms with Crippen LogP contribution in [0.25, 0.3) is 0 Å². The number of ether oxygens (including phenoxy) is 1. The molecule has 0 aliphatic carbocycles. The molecule has 0 heterocycles. The number of nitrogens with one attached hydrogen (secondary N) is 2. The molecule has 2 N–H and O–H groups in total. The summed E-state index contributed by atoms with van der Waals surface area (Å²) in [6.45, 7) is 7.83. The van der Waals surface area contributed by atoms with Gasteiger partial charge in [0, 0.05) is 19.8 Å². The second kappa shape index (κ2) is 12.5. The van der Waals surface area contributed by atoms with Crippen LogP contribution in [0.3, 0.4) is 0 Å². The van der Waals surface area contributed by atoms with E-state index in [4.69, 9.17) is 4.74 Å². The Morgan fingerprint density at radius 2 is 1.81 bits per heavy atom. The predicted molar refractivity (Wildman–Crippen MR) is 66.5 cm³/mol. The SMILES string of the molecule is CCCCOCCCNC(=O)CNCCC. The topological polar surface area (TPSA) is 50.4 Å². The monoisotopic (exact) mass is 230 g/mol. The van der Waals surface area contributed by atoms with Gasteiger partial charge in [-0.05, 0) is 25.8 Å². The number of hydrogen-bond donors (Lipinski definition) is 2. The maximum absolute atomic E-state index is 11.2. The second-order valence-corrected chi connectivity index (χ2v) is 3.85. The summed E-state index contributed by atoms with van der Waals surface area (Å²) in [4.78, 5) is 11.2. The summed E-state index contributed by atoms with van der Waals surface area (Å²) in [5.74, 6) is 0.0713. The molecule has 0 saturated carbocycles. The number of carbonyl (C=O) groups is 1. The highest BCUT2D eigenvalue weighted by Gasteiger charge is 1.98. The van der Waals surface area contributed by atoms with Gasteiger partial charge in [0.2, 0.25) is 5.91 Å². The zero-order valence-electron chi connectivity index (χ0n) is 10.7. The fraction of sp³-hybridized carbons (Fsp3) is 0.917.